The van der Waals surface area contributed by atoms with E-state index in [1.165, 1.54) is 0 Å². The summed E-state index contributed by atoms with van der Waals surface area (Å²) in [7, 11) is 0. The van der Waals surface area contributed by atoms with E-state index >= 15 is 0 Å². The first-order valence-electron chi connectivity index (χ1n) is 9.35. The molecule has 136 valence electrons. The van der Waals surface area contributed by atoms with Gasteiger partial charge >= 0.3 is 11.9 Å². The van der Waals surface area contributed by atoms with Crippen LogP contribution in [0.1, 0.15) is 73.6 Å². The van der Waals surface area contributed by atoms with Gasteiger partial charge in [-0.15, -0.1) is 0 Å². The van der Waals surface area contributed by atoms with Gasteiger partial charge < -0.3 is 9.47 Å². The van der Waals surface area contributed by atoms with E-state index in [0.29, 0.717) is 5.92 Å². The number of hydrogen-bond donors (Lipinski definition) is 0. The Hall–Kier alpha value is -1.06. The molecule has 4 heteroatoms. The van der Waals surface area contributed by atoms with Gasteiger partial charge in [0.05, 0.1) is 11.3 Å². The summed E-state index contributed by atoms with van der Waals surface area (Å²) in [5.74, 6) is 0.981. The van der Waals surface area contributed by atoms with Gasteiger partial charge in [-0.1, -0.05) is 0 Å². The Morgan fingerprint density at radius 3 is 1.79 bits per heavy atom. The highest BCUT2D eigenvalue weighted by Crippen LogP contribution is 2.63. The van der Waals surface area contributed by atoms with Crippen molar-refractivity contribution in [3.63, 3.8) is 0 Å². The van der Waals surface area contributed by atoms with Crippen LogP contribution < -0.4 is 0 Å². The van der Waals surface area contributed by atoms with Crippen LogP contribution in [0.25, 0.3) is 0 Å². The van der Waals surface area contributed by atoms with E-state index in [1.807, 2.05) is 41.5 Å². The lowest BCUT2D eigenvalue weighted by molar-refractivity contribution is -0.197. The quantitative estimate of drug-likeness (QED) is 0.712. The molecule has 4 fully saturated rings. The van der Waals surface area contributed by atoms with Gasteiger partial charge in [-0.05, 0) is 91.4 Å². The molecule has 0 radical (unpaired) electrons. The van der Waals surface area contributed by atoms with Crippen molar-refractivity contribution < 1.29 is 19.1 Å². The fourth-order valence-electron chi connectivity index (χ4n) is 5.42. The van der Waals surface area contributed by atoms with Gasteiger partial charge in [0.25, 0.3) is 0 Å². The standard InChI is InChI=1S/C20H32O4/c1-18(2,3)23-16(21)15-13-7-12-8-14(15)11-20(9-12,10-13)17(22)24-19(4,5)6/h12-15H,7-11H2,1-6H3. The molecule has 4 rings (SSSR count). The van der Waals surface area contributed by atoms with Crippen molar-refractivity contribution in [3.8, 4) is 0 Å². The molecule has 0 aliphatic heterocycles. The number of carbonyl (C=O) groups excluding carboxylic acids is 2. The van der Waals surface area contributed by atoms with Crippen molar-refractivity contribution in [2.75, 3.05) is 0 Å². The molecule has 0 aromatic carbocycles. The molecule has 0 heterocycles. The lowest BCUT2D eigenvalue weighted by atomic mass is 9.46. The van der Waals surface area contributed by atoms with Crippen molar-refractivity contribution in [3.05, 3.63) is 0 Å². The molecule has 0 aromatic rings. The third-order valence-electron chi connectivity index (χ3n) is 5.78. The molecule has 2 unspecified atom stereocenters. The summed E-state index contributed by atoms with van der Waals surface area (Å²) in [5, 5.41) is 0. The van der Waals surface area contributed by atoms with Crippen LogP contribution in [-0.2, 0) is 19.1 Å². The zero-order valence-electron chi connectivity index (χ0n) is 16.0. The third kappa shape index (κ3) is 3.34. The Morgan fingerprint density at radius 1 is 0.833 bits per heavy atom. The van der Waals surface area contributed by atoms with E-state index in [9.17, 15) is 9.59 Å². The zero-order chi connectivity index (χ0) is 17.9. The Balaban J connectivity index is 1.78. The molecule has 4 aliphatic carbocycles. The normalized spacial score (nSPS) is 38.1. The molecule has 0 spiro atoms. The van der Waals surface area contributed by atoms with E-state index in [1.54, 1.807) is 0 Å². The van der Waals surface area contributed by atoms with Gasteiger partial charge in [-0.2, -0.15) is 0 Å². The first kappa shape index (κ1) is 17.8. The summed E-state index contributed by atoms with van der Waals surface area (Å²) in [4.78, 5) is 25.6. The number of hydrogen-bond acceptors (Lipinski definition) is 4. The van der Waals surface area contributed by atoms with Gasteiger partial charge in [0.2, 0.25) is 0 Å². The summed E-state index contributed by atoms with van der Waals surface area (Å²) in [6.07, 6.45) is 4.64. The van der Waals surface area contributed by atoms with E-state index < -0.39 is 11.2 Å². The molecule has 4 aliphatic rings. The summed E-state index contributed by atoms with van der Waals surface area (Å²) in [6.45, 7) is 11.5. The SMILES string of the molecule is CC(C)(C)OC(=O)C1C2CC3CC1CC(C(=O)OC(C)(C)C)(C3)C2. The van der Waals surface area contributed by atoms with Gasteiger partial charge in [0.15, 0.2) is 0 Å². The molecule has 0 amide bonds. The van der Waals surface area contributed by atoms with Crippen molar-refractivity contribution in [1.29, 1.82) is 0 Å². The summed E-state index contributed by atoms with van der Waals surface area (Å²) < 4.78 is 11.4. The molecular weight excluding hydrogens is 304 g/mol. The number of rotatable bonds is 2. The predicted molar refractivity (Wildman–Crippen MR) is 91.2 cm³/mol. The molecule has 2 atom stereocenters. The number of esters is 2. The van der Waals surface area contributed by atoms with Crippen molar-refractivity contribution in [1.82, 2.24) is 0 Å². The second-order valence-electron chi connectivity index (χ2n) is 10.3. The first-order chi connectivity index (χ1) is 10.9. The van der Waals surface area contributed by atoms with Gasteiger partial charge in [0, 0.05) is 0 Å². The molecule has 0 N–H and O–H groups in total. The highest BCUT2D eigenvalue weighted by atomic mass is 16.6. The molecule has 4 bridgehead atoms. The average Bonchev–Trinajstić information content (AvgIpc) is 2.32. The van der Waals surface area contributed by atoms with Crippen LogP contribution >= 0.6 is 0 Å². The van der Waals surface area contributed by atoms with Gasteiger partial charge in [0.1, 0.15) is 11.2 Å². The summed E-state index contributed by atoms with van der Waals surface area (Å²) in [6, 6.07) is 0. The maximum Gasteiger partial charge on any atom is 0.312 e. The summed E-state index contributed by atoms with van der Waals surface area (Å²) in [5.41, 5.74) is -1.26. The second kappa shape index (κ2) is 5.47. The van der Waals surface area contributed by atoms with Gasteiger partial charge in [-0.3, -0.25) is 9.59 Å². The topological polar surface area (TPSA) is 52.6 Å². The minimum Gasteiger partial charge on any atom is -0.460 e. The highest BCUT2D eigenvalue weighted by Gasteiger charge is 2.61. The summed E-state index contributed by atoms with van der Waals surface area (Å²) >= 11 is 0. The van der Waals surface area contributed by atoms with Crippen LogP contribution in [0.2, 0.25) is 0 Å². The molecular formula is C20H32O4. The lowest BCUT2D eigenvalue weighted by Crippen LogP contribution is -2.57. The minimum absolute atomic E-state index is 0.0312. The Labute approximate surface area is 145 Å². The fourth-order valence-corrected chi connectivity index (χ4v) is 5.42. The van der Waals surface area contributed by atoms with Crippen molar-refractivity contribution >= 4 is 11.9 Å². The Morgan fingerprint density at radius 2 is 1.33 bits per heavy atom. The van der Waals surface area contributed by atoms with Crippen LogP contribution in [0.3, 0.4) is 0 Å². The van der Waals surface area contributed by atoms with Crippen LogP contribution in [0, 0.1) is 29.1 Å². The Kier molecular flexibility index (Phi) is 4.05. The number of ether oxygens (including phenoxy) is 2. The molecule has 0 aromatic heterocycles. The van der Waals surface area contributed by atoms with Crippen LogP contribution in [0.5, 0.6) is 0 Å². The lowest BCUT2D eigenvalue weighted by Gasteiger charge is -2.58. The zero-order valence-corrected chi connectivity index (χ0v) is 16.0. The molecule has 4 nitrogen and oxygen atoms in total. The van der Waals surface area contributed by atoms with E-state index in [0.717, 1.165) is 32.1 Å². The largest absolute Gasteiger partial charge is 0.460 e. The monoisotopic (exact) mass is 336 g/mol. The van der Waals surface area contributed by atoms with Crippen molar-refractivity contribution in [2.45, 2.75) is 84.8 Å². The fraction of sp³-hybridized carbons (Fsp3) is 0.900. The molecule has 4 saturated carbocycles. The predicted octanol–water partition coefficient (Wildman–Crippen LogP) is 4.11. The molecule has 24 heavy (non-hydrogen) atoms. The van der Waals surface area contributed by atoms with Crippen LogP contribution in [0.4, 0.5) is 0 Å². The Bertz CT molecular complexity index is 521. The minimum atomic E-state index is -0.453. The second-order valence-corrected chi connectivity index (χ2v) is 10.3. The van der Waals surface area contributed by atoms with Crippen molar-refractivity contribution in [2.24, 2.45) is 29.1 Å². The first-order valence-corrected chi connectivity index (χ1v) is 9.35. The average molecular weight is 336 g/mol. The maximum absolute atomic E-state index is 12.9. The highest BCUT2D eigenvalue weighted by molar-refractivity contribution is 5.80. The molecule has 0 saturated heterocycles. The third-order valence-corrected chi connectivity index (χ3v) is 5.78. The van der Waals surface area contributed by atoms with E-state index in [-0.39, 0.29) is 35.1 Å². The van der Waals surface area contributed by atoms with Crippen LogP contribution in [-0.4, -0.2) is 23.1 Å². The smallest absolute Gasteiger partial charge is 0.312 e. The number of carbonyl (C=O) groups is 2. The van der Waals surface area contributed by atoms with E-state index in [2.05, 4.69) is 0 Å². The van der Waals surface area contributed by atoms with E-state index in [4.69, 9.17) is 9.47 Å². The maximum atomic E-state index is 12.9. The van der Waals surface area contributed by atoms with Gasteiger partial charge in [-0.25, -0.2) is 0 Å². The van der Waals surface area contributed by atoms with Crippen LogP contribution in [0.15, 0.2) is 0 Å².